The van der Waals surface area contributed by atoms with Gasteiger partial charge < -0.3 is 11.1 Å². The quantitative estimate of drug-likeness (QED) is 0.874. The van der Waals surface area contributed by atoms with Gasteiger partial charge in [0.1, 0.15) is 5.82 Å². The van der Waals surface area contributed by atoms with E-state index in [1.54, 1.807) is 16.8 Å². The zero-order valence-corrected chi connectivity index (χ0v) is 10.6. The lowest BCUT2D eigenvalue weighted by atomic mass is 10.2. The van der Waals surface area contributed by atoms with E-state index in [0.29, 0.717) is 17.2 Å². The minimum atomic E-state index is -0.283. The van der Waals surface area contributed by atoms with Crippen molar-refractivity contribution in [1.82, 2.24) is 9.78 Å². The molecule has 0 aliphatic carbocycles. The van der Waals surface area contributed by atoms with E-state index in [1.165, 1.54) is 12.1 Å². The molecule has 2 rings (SSSR count). The summed E-state index contributed by atoms with van der Waals surface area (Å²) in [4.78, 5) is 0. The van der Waals surface area contributed by atoms with E-state index in [1.807, 2.05) is 7.05 Å². The fraction of sp³-hybridized carbons (Fsp3) is 0.308. The van der Waals surface area contributed by atoms with Crippen LogP contribution >= 0.6 is 0 Å². The topological polar surface area (TPSA) is 55.9 Å². The van der Waals surface area contributed by atoms with Crippen LogP contribution in [0.2, 0.25) is 0 Å². The van der Waals surface area contributed by atoms with Gasteiger partial charge in [0.25, 0.3) is 0 Å². The van der Waals surface area contributed by atoms with Crippen LogP contribution < -0.4 is 11.1 Å². The first-order valence-corrected chi connectivity index (χ1v) is 5.95. The standard InChI is InChI=1S/C13H17FN4/c1-3-5-11-12(15)13(18(2)17-11)16-10-7-4-6-9(14)8-10/h4,6-8,16H,3,5,15H2,1-2H3. The Morgan fingerprint density at radius 3 is 2.89 bits per heavy atom. The van der Waals surface area contributed by atoms with Crippen molar-refractivity contribution < 1.29 is 4.39 Å². The maximum atomic E-state index is 13.1. The van der Waals surface area contributed by atoms with E-state index in [-0.39, 0.29) is 5.82 Å². The summed E-state index contributed by atoms with van der Waals surface area (Å²) in [6.07, 6.45) is 1.82. The summed E-state index contributed by atoms with van der Waals surface area (Å²) in [5, 5.41) is 7.45. The van der Waals surface area contributed by atoms with E-state index in [4.69, 9.17) is 5.73 Å². The molecule has 96 valence electrons. The molecule has 0 spiro atoms. The van der Waals surface area contributed by atoms with E-state index in [0.717, 1.165) is 18.5 Å². The van der Waals surface area contributed by atoms with Gasteiger partial charge in [-0.1, -0.05) is 19.4 Å². The fourth-order valence-electron chi connectivity index (χ4n) is 1.87. The van der Waals surface area contributed by atoms with Crippen LogP contribution in [0.4, 0.5) is 21.6 Å². The van der Waals surface area contributed by atoms with Crippen LogP contribution in [0.3, 0.4) is 0 Å². The first-order valence-electron chi connectivity index (χ1n) is 5.95. The van der Waals surface area contributed by atoms with Crippen LogP contribution in [0.15, 0.2) is 24.3 Å². The normalized spacial score (nSPS) is 10.6. The van der Waals surface area contributed by atoms with Gasteiger partial charge >= 0.3 is 0 Å². The minimum Gasteiger partial charge on any atom is -0.394 e. The van der Waals surface area contributed by atoms with Crippen molar-refractivity contribution in [1.29, 1.82) is 0 Å². The van der Waals surface area contributed by atoms with Gasteiger partial charge in [-0.2, -0.15) is 5.10 Å². The molecule has 4 nitrogen and oxygen atoms in total. The highest BCUT2D eigenvalue weighted by atomic mass is 19.1. The monoisotopic (exact) mass is 248 g/mol. The molecule has 0 saturated carbocycles. The summed E-state index contributed by atoms with van der Waals surface area (Å²) >= 11 is 0. The molecule has 2 aromatic rings. The SMILES string of the molecule is CCCc1nn(C)c(Nc2cccc(F)c2)c1N. The van der Waals surface area contributed by atoms with Crippen LogP contribution in [0, 0.1) is 5.82 Å². The second kappa shape index (κ2) is 5.08. The lowest BCUT2D eigenvalue weighted by Crippen LogP contribution is -2.01. The lowest BCUT2D eigenvalue weighted by molar-refractivity contribution is 0.628. The molecular formula is C13H17FN4. The zero-order valence-electron chi connectivity index (χ0n) is 10.6. The lowest BCUT2D eigenvalue weighted by Gasteiger charge is -2.07. The summed E-state index contributed by atoms with van der Waals surface area (Å²) in [5.41, 5.74) is 8.20. The number of nitrogens with two attached hydrogens (primary N) is 1. The Kier molecular flexibility index (Phi) is 3.50. The summed E-state index contributed by atoms with van der Waals surface area (Å²) in [6.45, 7) is 2.08. The average molecular weight is 248 g/mol. The first-order chi connectivity index (χ1) is 8.61. The summed E-state index contributed by atoms with van der Waals surface area (Å²) in [7, 11) is 1.82. The van der Waals surface area contributed by atoms with Crippen molar-refractivity contribution in [3.8, 4) is 0 Å². The number of rotatable bonds is 4. The summed E-state index contributed by atoms with van der Waals surface area (Å²) in [5.74, 6) is 0.415. The van der Waals surface area contributed by atoms with Crippen molar-refractivity contribution in [3.05, 3.63) is 35.8 Å². The highest BCUT2D eigenvalue weighted by Gasteiger charge is 2.12. The fourth-order valence-corrected chi connectivity index (χ4v) is 1.87. The Labute approximate surface area is 106 Å². The highest BCUT2D eigenvalue weighted by molar-refractivity contribution is 5.71. The third kappa shape index (κ3) is 2.45. The molecular weight excluding hydrogens is 231 g/mol. The zero-order chi connectivity index (χ0) is 13.1. The van der Waals surface area contributed by atoms with Crippen molar-refractivity contribution >= 4 is 17.2 Å². The van der Waals surface area contributed by atoms with Crippen molar-refractivity contribution in [3.63, 3.8) is 0 Å². The smallest absolute Gasteiger partial charge is 0.152 e. The molecule has 1 aromatic heterocycles. The average Bonchev–Trinajstić information content (AvgIpc) is 2.58. The van der Waals surface area contributed by atoms with Crippen LogP contribution in [0.25, 0.3) is 0 Å². The molecule has 0 fully saturated rings. The van der Waals surface area contributed by atoms with Crippen molar-refractivity contribution in [2.45, 2.75) is 19.8 Å². The Morgan fingerprint density at radius 2 is 2.22 bits per heavy atom. The van der Waals surface area contributed by atoms with Gasteiger partial charge in [-0.3, -0.25) is 4.68 Å². The van der Waals surface area contributed by atoms with Crippen LogP contribution in [-0.2, 0) is 13.5 Å². The molecule has 0 bridgehead atoms. The Morgan fingerprint density at radius 1 is 1.44 bits per heavy atom. The number of hydrogen-bond acceptors (Lipinski definition) is 3. The van der Waals surface area contributed by atoms with Gasteiger partial charge in [0.15, 0.2) is 5.82 Å². The molecule has 0 amide bonds. The predicted molar refractivity (Wildman–Crippen MR) is 71.3 cm³/mol. The highest BCUT2D eigenvalue weighted by Crippen LogP contribution is 2.26. The third-order valence-electron chi connectivity index (χ3n) is 2.73. The number of hydrogen-bond donors (Lipinski definition) is 2. The molecule has 18 heavy (non-hydrogen) atoms. The molecule has 0 aliphatic heterocycles. The number of nitrogens with zero attached hydrogens (tertiary/aromatic N) is 2. The van der Waals surface area contributed by atoms with Crippen LogP contribution in [-0.4, -0.2) is 9.78 Å². The number of aromatic nitrogens is 2. The second-order valence-corrected chi connectivity index (χ2v) is 4.22. The predicted octanol–water partition coefficient (Wildman–Crippen LogP) is 2.84. The van der Waals surface area contributed by atoms with Crippen LogP contribution in [0.5, 0.6) is 0 Å². The van der Waals surface area contributed by atoms with Crippen molar-refractivity contribution in [2.75, 3.05) is 11.1 Å². The third-order valence-corrected chi connectivity index (χ3v) is 2.73. The largest absolute Gasteiger partial charge is 0.394 e. The summed E-state index contributed by atoms with van der Waals surface area (Å²) in [6, 6.07) is 6.26. The number of benzene rings is 1. The summed E-state index contributed by atoms with van der Waals surface area (Å²) < 4.78 is 14.8. The molecule has 0 aliphatic rings. The van der Waals surface area contributed by atoms with Gasteiger partial charge in [0.2, 0.25) is 0 Å². The number of anilines is 3. The van der Waals surface area contributed by atoms with Gasteiger partial charge in [0, 0.05) is 12.7 Å². The minimum absolute atomic E-state index is 0.283. The molecule has 0 radical (unpaired) electrons. The molecule has 3 N–H and O–H groups in total. The Hall–Kier alpha value is -2.04. The number of nitrogen functional groups attached to an aromatic ring is 1. The van der Waals surface area contributed by atoms with Crippen LogP contribution in [0.1, 0.15) is 19.0 Å². The maximum absolute atomic E-state index is 13.1. The Bertz CT molecular complexity index is 548. The van der Waals surface area contributed by atoms with E-state index in [9.17, 15) is 4.39 Å². The molecule has 1 heterocycles. The molecule has 0 unspecified atom stereocenters. The Balaban J connectivity index is 2.29. The number of halogens is 1. The van der Waals surface area contributed by atoms with Gasteiger partial charge in [-0.15, -0.1) is 0 Å². The number of aryl methyl sites for hydroxylation is 2. The second-order valence-electron chi connectivity index (χ2n) is 4.22. The van der Waals surface area contributed by atoms with E-state index < -0.39 is 0 Å². The van der Waals surface area contributed by atoms with Gasteiger partial charge in [-0.05, 0) is 24.6 Å². The molecule has 0 atom stereocenters. The molecule has 1 aromatic carbocycles. The van der Waals surface area contributed by atoms with Gasteiger partial charge in [0.05, 0.1) is 11.4 Å². The maximum Gasteiger partial charge on any atom is 0.152 e. The number of nitrogens with one attached hydrogen (secondary N) is 1. The first kappa shape index (κ1) is 12.4. The van der Waals surface area contributed by atoms with E-state index in [2.05, 4.69) is 17.3 Å². The molecule has 5 heteroatoms. The van der Waals surface area contributed by atoms with Crippen molar-refractivity contribution in [2.24, 2.45) is 7.05 Å². The molecule has 0 saturated heterocycles. The van der Waals surface area contributed by atoms with E-state index >= 15 is 0 Å². The van der Waals surface area contributed by atoms with Gasteiger partial charge in [-0.25, -0.2) is 4.39 Å².